The highest BCUT2D eigenvalue weighted by molar-refractivity contribution is 5.62. The molecule has 2 heterocycles. The number of hydrogen-bond acceptors (Lipinski definition) is 5. The lowest BCUT2D eigenvalue weighted by Crippen LogP contribution is -2.43. The number of nitrogens with zero attached hydrogens (tertiary/aromatic N) is 5. The molecule has 0 fully saturated rings. The summed E-state index contributed by atoms with van der Waals surface area (Å²) in [5.41, 5.74) is 2.53. The van der Waals surface area contributed by atoms with Gasteiger partial charge in [0.2, 0.25) is 0 Å². The van der Waals surface area contributed by atoms with Gasteiger partial charge in [0.05, 0.1) is 12.2 Å². The van der Waals surface area contributed by atoms with Gasteiger partial charge < -0.3 is 5.11 Å². The van der Waals surface area contributed by atoms with Crippen molar-refractivity contribution in [2.45, 2.75) is 38.5 Å². The first-order valence-corrected chi connectivity index (χ1v) is 11.5. The fourth-order valence-electron chi connectivity index (χ4n) is 4.20. The van der Waals surface area contributed by atoms with Crippen LogP contribution in [0.5, 0.6) is 0 Å². The first kappa shape index (κ1) is 24.6. The Morgan fingerprint density at radius 2 is 1.77 bits per heavy atom. The Hall–Kier alpha value is -3.49. The van der Waals surface area contributed by atoms with Gasteiger partial charge in [-0.1, -0.05) is 50.2 Å². The Balaban J connectivity index is 1.49. The molecule has 6 nitrogen and oxygen atoms in total. The monoisotopic (exact) mass is 477 g/mol. The number of pyridine rings is 1. The zero-order valence-electron chi connectivity index (χ0n) is 20.1. The van der Waals surface area contributed by atoms with Gasteiger partial charge in [-0.05, 0) is 36.2 Å². The maximum Gasteiger partial charge on any atom is 0.137 e. The molecule has 0 aliphatic rings. The molecule has 182 valence electrons. The second kappa shape index (κ2) is 10.4. The molecule has 2 aromatic heterocycles. The maximum atomic E-state index is 14.7. The summed E-state index contributed by atoms with van der Waals surface area (Å²) in [5.74, 6) is -1.04. The average Bonchev–Trinajstić information content (AvgIpc) is 3.32. The summed E-state index contributed by atoms with van der Waals surface area (Å²) in [6, 6.07) is 15.6. The molecular formula is C27H29F2N5O. The van der Waals surface area contributed by atoms with E-state index in [4.69, 9.17) is 0 Å². The third-order valence-corrected chi connectivity index (χ3v) is 6.02. The molecule has 0 aliphatic carbocycles. The van der Waals surface area contributed by atoms with Crippen LogP contribution in [0.15, 0.2) is 73.4 Å². The molecule has 0 amide bonds. The van der Waals surface area contributed by atoms with Crippen LogP contribution in [0.2, 0.25) is 0 Å². The van der Waals surface area contributed by atoms with E-state index in [0.29, 0.717) is 12.5 Å². The predicted molar refractivity (Wildman–Crippen MR) is 130 cm³/mol. The van der Waals surface area contributed by atoms with Crippen LogP contribution >= 0.6 is 0 Å². The smallest absolute Gasteiger partial charge is 0.137 e. The van der Waals surface area contributed by atoms with Crippen molar-refractivity contribution in [2.24, 2.45) is 0 Å². The molecule has 2 aromatic carbocycles. The first-order valence-electron chi connectivity index (χ1n) is 11.5. The molecule has 8 heteroatoms. The van der Waals surface area contributed by atoms with Crippen molar-refractivity contribution in [3.05, 3.63) is 102 Å². The molecule has 4 aromatic rings. The normalized spacial score (nSPS) is 13.4. The average molecular weight is 478 g/mol. The van der Waals surface area contributed by atoms with E-state index >= 15 is 0 Å². The van der Waals surface area contributed by atoms with E-state index in [9.17, 15) is 13.9 Å². The first-order chi connectivity index (χ1) is 16.7. The van der Waals surface area contributed by atoms with Gasteiger partial charge in [0.1, 0.15) is 29.9 Å². The zero-order chi connectivity index (χ0) is 25.0. The van der Waals surface area contributed by atoms with Crippen LogP contribution in [0, 0.1) is 11.6 Å². The lowest BCUT2D eigenvalue weighted by atomic mass is 9.92. The number of likely N-dealkylation sites (N-methyl/N-ethyl adjacent to an activating group) is 1. The van der Waals surface area contributed by atoms with E-state index in [-0.39, 0.29) is 18.7 Å². The number of halogens is 2. The van der Waals surface area contributed by atoms with Gasteiger partial charge in [0.15, 0.2) is 0 Å². The molecule has 0 radical (unpaired) electrons. The number of benzene rings is 2. The predicted octanol–water partition coefficient (Wildman–Crippen LogP) is 4.76. The van der Waals surface area contributed by atoms with Crippen molar-refractivity contribution < 1.29 is 13.9 Å². The number of aromatic nitrogens is 4. The van der Waals surface area contributed by atoms with E-state index < -0.39 is 17.2 Å². The Labute approximate surface area is 203 Å². The highest BCUT2D eigenvalue weighted by Crippen LogP contribution is 2.28. The van der Waals surface area contributed by atoms with E-state index in [1.165, 1.54) is 29.0 Å². The molecule has 0 saturated heterocycles. The number of rotatable bonds is 9. The van der Waals surface area contributed by atoms with Crippen LogP contribution in [0.4, 0.5) is 8.78 Å². The molecule has 1 unspecified atom stereocenters. The van der Waals surface area contributed by atoms with Gasteiger partial charge in [0, 0.05) is 36.5 Å². The van der Waals surface area contributed by atoms with Gasteiger partial charge >= 0.3 is 0 Å². The lowest BCUT2D eigenvalue weighted by molar-refractivity contribution is -0.0177. The Kier molecular flexibility index (Phi) is 7.33. The van der Waals surface area contributed by atoms with E-state index in [0.717, 1.165) is 29.0 Å². The van der Waals surface area contributed by atoms with Crippen molar-refractivity contribution in [3.63, 3.8) is 0 Å². The van der Waals surface area contributed by atoms with Crippen LogP contribution in [0.1, 0.15) is 36.6 Å². The van der Waals surface area contributed by atoms with Crippen molar-refractivity contribution in [1.29, 1.82) is 0 Å². The molecule has 0 spiro atoms. The van der Waals surface area contributed by atoms with Gasteiger partial charge in [-0.3, -0.25) is 9.88 Å². The topological polar surface area (TPSA) is 67.1 Å². The number of aliphatic hydroxyl groups is 1. The van der Waals surface area contributed by atoms with Crippen LogP contribution in [-0.2, 0) is 18.7 Å². The summed E-state index contributed by atoms with van der Waals surface area (Å²) in [7, 11) is 1.81. The van der Waals surface area contributed by atoms with Crippen LogP contribution < -0.4 is 0 Å². The second-order valence-electron chi connectivity index (χ2n) is 9.24. The largest absolute Gasteiger partial charge is 0.382 e. The fraction of sp³-hybridized carbons (Fsp3) is 0.296. The highest BCUT2D eigenvalue weighted by Gasteiger charge is 2.35. The van der Waals surface area contributed by atoms with Gasteiger partial charge in [-0.25, -0.2) is 18.4 Å². The van der Waals surface area contributed by atoms with Gasteiger partial charge in [-0.2, -0.15) is 5.10 Å². The minimum atomic E-state index is -1.67. The highest BCUT2D eigenvalue weighted by atomic mass is 19.1. The molecule has 0 bridgehead atoms. The third kappa shape index (κ3) is 5.96. The number of hydrogen-bond donors (Lipinski definition) is 1. The molecular weight excluding hydrogens is 448 g/mol. The Bertz CT molecular complexity index is 1240. The maximum absolute atomic E-state index is 14.7. The third-order valence-electron chi connectivity index (χ3n) is 6.02. The van der Waals surface area contributed by atoms with Gasteiger partial charge in [0.25, 0.3) is 0 Å². The summed E-state index contributed by atoms with van der Waals surface area (Å²) >= 11 is 0. The lowest BCUT2D eigenvalue weighted by Gasteiger charge is -2.33. The minimum absolute atomic E-state index is 0.00518. The van der Waals surface area contributed by atoms with Gasteiger partial charge in [-0.15, -0.1) is 0 Å². The van der Waals surface area contributed by atoms with Crippen molar-refractivity contribution >= 4 is 0 Å². The summed E-state index contributed by atoms with van der Waals surface area (Å²) < 4.78 is 29.6. The molecule has 4 rings (SSSR count). The van der Waals surface area contributed by atoms with E-state index in [1.807, 2.05) is 30.3 Å². The SMILES string of the molecule is CC(C)c1ccc(-c2ccc(CN(C)CC(O)(Cn3cncn3)c3ccc(F)cc3F)nc2)cc1. The molecule has 35 heavy (non-hydrogen) atoms. The Morgan fingerprint density at radius 1 is 1.03 bits per heavy atom. The van der Waals surface area contributed by atoms with Crippen molar-refractivity contribution in [3.8, 4) is 11.1 Å². The van der Waals surface area contributed by atoms with Crippen molar-refractivity contribution in [2.75, 3.05) is 13.6 Å². The summed E-state index contributed by atoms with van der Waals surface area (Å²) in [6.45, 7) is 4.78. The standard InChI is InChI=1S/C27H29F2N5O/c1-19(2)20-4-6-21(7-5-20)22-8-10-24(31-13-22)14-33(3)15-27(35,16-34-18-30-17-32-34)25-11-9-23(28)12-26(25)29/h4-13,17-19,35H,14-16H2,1-3H3. The van der Waals surface area contributed by atoms with Crippen molar-refractivity contribution in [1.82, 2.24) is 24.6 Å². The molecule has 0 aliphatic heterocycles. The summed E-state index contributed by atoms with van der Waals surface area (Å²) in [5, 5.41) is 15.6. The van der Waals surface area contributed by atoms with Crippen LogP contribution in [0.3, 0.4) is 0 Å². The molecule has 1 N–H and O–H groups in total. The zero-order valence-corrected chi connectivity index (χ0v) is 20.1. The molecule has 0 saturated carbocycles. The van der Waals surface area contributed by atoms with E-state index in [1.54, 1.807) is 0 Å². The molecule has 1 atom stereocenters. The Morgan fingerprint density at radius 3 is 2.37 bits per heavy atom. The fourth-order valence-corrected chi connectivity index (χ4v) is 4.20. The minimum Gasteiger partial charge on any atom is -0.382 e. The summed E-state index contributed by atoms with van der Waals surface area (Å²) in [6.07, 6.45) is 4.61. The van der Waals surface area contributed by atoms with Crippen LogP contribution in [-0.4, -0.2) is 43.3 Å². The summed E-state index contributed by atoms with van der Waals surface area (Å²) in [4.78, 5) is 10.3. The van der Waals surface area contributed by atoms with E-state index in [2.05, 4.69) is 53.2 Å². The second-order valence-corrected chi connectivity index (χ2v) is 9.24. The van der Waals surface area contributed by atoms with Crippen LogP contribution in [0.25, 0.3) is 11.1 Å². The quantitative estimate of drug-likeness (QED) is 0.377.